The molecule has 4 nitrogen and oxygen atoms in total. The van der Waals surface area contributed by atoms with Gasteiger partial charge in [-0.05, 0) is 12.1 Å². The molecule has 0 N–H and O–H groups in total. The Hall–Kier alpha value is -2.10. The van der Waals surface area contributed by atoms with Gasteiger partial charge in [-0.25, -0.2) is 0 Å². The van der Waals surface area contributed by atoms with E-state index in [1.807, 2.05) is 12.2 Å². The van der Waals surface area contributed by atoms with Gasteiger partial charge in [-0.1, -0.05) is 12.2 Å². The van der Waals surface area contributed by atoms with Crippen LogP contribution >= 0.6 is 0 Å². The highest BCUT2D eigenvalue weighted by Crippen LogP contribution is 2.30. The average molecular weight is 217 g/mol. The van der Waals surface area contributed by atoms with Gasteiger partial charge in [-0.2, -0.15) is 0 Å². The van der Waals surface area contributed by atoms with Crippen LogP contribution < -0.4 is 4.74 Å². The molecule has 1 unspecified atom stereocenters. The predicted octanol–water partition coefficient (Wildman–Crippen LogP) is 2.95. The zero-order chi connectivity index (χ0) is 11.5. The van der Waals surface area contributed by atoms with Crippen LogP contribution in [0, 0.1) is 10.1 Å². The third-order valence-electron chi connectivity index (χ3n) is 2.37. The van der Waals surface area contributed by atoms with Gasteiger partial charge in [0.15, 0.2) is 0 Å². The number of ether oxygens (including phenoxy) is 1. The number of non-ortho nitro benzene ring substituents is 1. The maximum Gasteiger partial charge on any atom is 0.270 e. The normalized spacial score (nSPS) is 17.4. The van der Waals surface area contributed by atoms with Crippen molar-refractivity contribution in [2.45, 2.75) is 12.5 Å². The van der Waals surface area contributed by atoms with Crippen molar-refractivity contribution >= 4 is 11.8 Å². The van der Waals surface area contributed by atoms with Crippen molar-refractivity contribution in [2.24, 2.45) is 0 Å². The molecule has 0 aromatic heterocycles. The minimum absolute atomic E-state index is 0.0218. The lowest BCUT2D eigenvalue weighted by molar-refractivity contribution is -0.384. The van der Waals surface area contributed by atoms with Crippen LogP contribution in [0.3, 0.4) is 0 Å². The van der Waals surface area contributed by atoms with Crippen molar-refractivity contribution < 1.29 is 9.66 Å². The van der Waals surface area contributed by atoms with Gasteiger partial charge in [0.25, 0.3) is 5.69 Å². The number of hydrogen-bond donors (Lipinski definition) is 0. The van der Waals surface area contributed by atoms with Crippen molar-refractivity contribution in [3.05, 3.63) is 52.6 Å². The molecule has 0 aliphatic carbocycles. The summed E-state index contributed by atoms with van der Waals surface area (Å²) in [5, 5.41) is 10.6. The third-order valence-corrected chi connectivity index (χ3v) is 2.37. The fourth-order valence-corrected chi connectivity index (χ4v) is 1.59. The van der Waals surface area contributed by atoms with E-state index in [1.54, 1.807) is 12.1 Å². The molecular weight excluding hydrogens is 206 g/mol. The standard InChI is InChI=1S/C12H11NO3/c1-2-3-11-6-4-9-8-10(13(14)15)5-7-12(9)16-11/h2,4-8,11H,1,3H2. The van der Waals surface area contributed by atoms with Crippen LogP contribution in [0.2, 0.25) is 0 Å². The van der Waals surface area contributed by atoms with E-state index in [0.29, 0.717) is 5.75 Å². The molecule has 0 radical (unpaired) electrons. The third kappa shape index (κ3) is 1.95. The summed E-state index contributed by atoms with van der Waals surface area (Å²) in [5.74, 6) is 0.681. The fraction of sp³-hybridized carbons (Fsp3) is 0.167. The van der Waals surface area contributed by atoms with Crippen LogP contribution in [0.1, 0.15) is 12.0 Å². The number of rotatable bonds is 3. The molecule has 1 atom stereocenters. The monoisotopic (exact) mass is 217 g/mol. The van der Waals surface area contributed by atoms with Gasteiger partial charge in [-0.3, -0.25) is 10.1 Å². The Balaban J connectivity index is 2.29. The Morgan fingerprint density at radius 3 is 3.06 bits per heavy atom. The lowest BCUT2D eigenvalue weighted by atomic mass is 10.1. The molecule has 0 amide bonds. The van der Waals surface area contributed by atoms with Gasteiger partial charge in [0.1, 0.15) is 11.9 Å². The summed E-state index contributed by atoms with van der Waals surface area (Å²) in [6.45, 7) is 3.64. The molecule has 1 aliphatic heterocycles. The summed E-state index contributed by atoms with van der Waals surface area (Å²) >= 11 is 0. The van der Waals surface area contributed by atoms with E-state index >= 15 is 0 Å². The number of hydrogen-bond acceptors (Lipinski definition) is 3. The summed E-state index contributed by atoms with van der Waals surface area (Å²) < 4.78 is 5.63. The first-order chi connectivity index (χ1) is 7.70. The topological polar surface area (TPSA) is 52.4 Å². The lowest BCUT2D eigenvalue weighted by Crippen LogP contribution is -2.15. The van der Waals surface area contributed by atoms with Crippen molar-refractivity contribution in [1.82, 2.24) is 0 Å². The maximum absolute atomic E-state index is 10.6. The molecule has 1 aromatic rings. The van der Waals surface area contributed by atoms with Crippen LogP contribution in [0.25, 0.3) is 6.08 Å². The second-order valence-electron chi connectivity index (χ2n) is 3.52. The largest absolute Gasteiger partial charge is 0.485 e. The molecule has 0 fully saturated rings. The highest BCUT2D eigenvalue weighted by atomic mass is 16.6. The van der Waals surface area contributed by atoms with E-state index in [2.05, 4.69) is 6.58 Å². The maximum atomic E-state index is 10.6. The van der Waals surface area contributed by atoms with Crippen LogP contribution in [0.5, 0.6) is 5.75 Å². The SMILES string of the molecule is C=CCC1C=Cc2cc([N+](=O)[O-])ccc2O1. The molecule has 16 heavy (non-hydrogen) atoms. The number of nitro benzene ring substituents is 1. The highest BCUT2D eigenvalue weighted by Gasteiger charge is 2.16. The van der Waals surface area contributed by atoms with Crippen LogP contribution in [-0.4, -0.2) is 11.0 Å². The fourth-order valence-electron chi connectivity index (χ4n) is 1.59. The minimum atomic E-state index is -0.413. The average Bonchev–Trinajstić information content (AvgIpc) is 2.28. The summed E-state index contributed by atoms with van der Waals surface area (Å²) in [7, 11) is 0. The molecule has 1 aromatic carbocycles. The Morgan fingerprint density at radius 1 is 1.56 bits per heavy atom. The summed E-state index contributed by atoms with van der Waals surface area (Å²) in [6, 6.07) is 4.59. The molecule has 2 rings (SSSR count). The van der Waals surface area contributed by atoms with Gasteiger partial charge < -0.3 is 4.74 Å². The van der Waals surface area contributed by atoms with Gasteiger partial charge in [0.2, 0.25) is 0 Å². The number of nitrogens with zero attached hydrogens (tertiary/aromatic N) is 1. The molecular formula is C12H11NO3. The molecule has 0 bridgehead atoms. The second kappa shape index (κ2) is 4.18. The molecule has 4 heteroatoms. The minimum Gasteiger partial charge on any atom is -0.485 e. The van der Waals surface area contributed by atoms with Gasteiger partial charge in [0.05, 0.1) is 4.92 Å². The van der Waals surface area contributed by atoms with Crippen molar-refractivity contribution in [3.8, 4) is 5.75 Å². The van der Waals surface area contributed by atoms with E-state index < -0.39 is 4.92 Å². The van der Waals surface area contributed by atoms with Crippen molar-refractivity contribution in [1.29, 1.82) is 0 Å². The molecule has 0 saturated carbocycles. The zero-order valence-corrected chi connectivity index (χ0v) is 8.63. The highest BCUT2D eigenvalue weighted by molar-refractivity contribution is 5.63. The van der Waals surface area contributed by atoms with Gasteiger partial charge in [-0.15, -0.1) is 6.58 Å². The van der Waals surface area contributed by atoms with E-state index in [0.717, 1.165) is 12.0 Å². The Morgan fingerprint density at radius 2 is 2.38 bits per heavy atom. The van der Waals surface area contributed by atoms with E-state index in [-0.39, 0.29) is 11.8 Å². The smallest absolute Gasteiger partial charge is 0.270 e. The lowest BCUT2D eigenvalue weighted by Gasteiger charge is -2.19. The molecule has 1 heterocycles. The van der Waals surface area contributed by atoms with Crippen LogP contribution in [0.15, 0.2) is 36.9 Å². The van der Waals surface area contributed by atoms with Crippen molar-refractivity contribution in [3.63, 3.8) is 0 Å². The first-order valence-electron chi connectivity index (χ1n) is 4.95. The number of fused-ring (bicyclic) bond motifs is 1. The number of nitro groups is 1. The van der Waals surface area contributed by atoms with Gasteiger partial charge in [0, 0.05) is 24.1 Å². The predicted molar refractivity (Wildman–Crippen MR) is 61.4 cm³/mol. The van der Waals surface area contributed by atoms with Crippen LogP contribution in [0.4, 0.5) is 5.69 Å². The van der Waals surface area contributed by atoms with Crippen LogP contribution in [-0.2, 0) is 0 Å². The van der Waals surface area contributed by atoms with Crippen molar-refractivity contribution in [2.75, 3.05) is 0 Å². The molecule has 82 valence electrons. The van der Waals surface area contributed by atoms with Gasteiger partial charge >= 0.3 is 0 Å². The van der Waals surface area contributed by atoms with E-state index in [1.165, 1.54) is 12.1 Å². The first kappa shape index (κ1) is 10.4. The molecule has 0 spiro atoms. The summed E-state index contributed by atoms with van der Waals surface area (Å²) in [4.78, 5) is 10.2. The number of benzene rings is 1. The molecule has 1 aliphatic rings. The zero-order valence-electron chi connectivity index (χ0n) is 8.63. The first-order valence-corrected chi connectivity index (χ1v) is 4.95. The quantitative estimate of drug-likeness (QED) is 0.444. The molecule has 0 saturated heterocycles. The van der Waals surface area contributed by atoms with E-state index in [9.17, 15) is 10.1 Å². The Labute approximate surface area is 93.0 Å². The Bertz CT molecular complexity index is 465. The summed E-state index contributed by atoms with van der Waals surface area (Å²) in [6.07, 6.45) is 6.22. The second-order valence-corrected chi connectivity index (χ2v) is 3.52. The Kier molecular flexibility index (Phi) is 2.72. The van der Waals surface area contributed by atoms with E-state index in [4.69, 9.17) is 4.74 Å². The summed E-state index contributed by atoms with van der Waals surface area (Å²) in [5.41, 5.74) is 0.823.